The normalized spacial score (nSPS) is 15.2. The Kier molecular flexibility index (Phi) is 20.8. The number of carbonyl (C=O) groups is 3. The van der Waals surface area contributed by atoms with Crippen LogP contribution in [0, 0.1) is 11.8 Å². The SMILES string of the molecule is COC(=O)CN(CC1CCCC1)C(=O)OC(C)(C)C.COC(=O)CNCC1CCCC1.C[B]OOCB=O. The van der Waals surface area contributed by atoms with Gasteiger partial charge in [0.05, 0.1) is 20.8 Å². The molecule has 0 unspecified atom stereocenters. The minimum atomic E-state index is -0.554. The van der Waals surface area contributed by atoms with Crippen LogP contribution in [0.1, 0.15) is 72.1 Å². The van der Waals surface area contributed by atoms with Gasteiger partial charge in [-0.1, -0.05) is 25.7 Å². The van der Waals surface area contributed by atoms with Crippen molar-refractivity contribution < 1.29 is 43.0 Å². The van der Waals surface area contributed by atoms with E-state index in [9.17, 15) is 19.1 Å². The molecule has 2 saturated carbocycles. The van der Waals surface area contributed by atoms with E-state index in [-0.39, 0.29) is 19.0 Å². The van der Waals surface area contributed by atoms with Crippen molar-refractivity contribution in [3.63, 3.8) is 0 Å². The van der Waals surface area contributed by atoms with Crippen LogP contribution in [0.25, 0.3) is 0 Å². The molecule has 38 heavy (non-hydrogen) atoms. The van der Waals surface area contributed by atoms with Crippen molar-refractivity contribution in [2.45, 2.75) is 84.6 Å². The topological polar surface area (TPSA) is 130 Å². The fourth-order valence-corrected chi connectivity index (χ4v) is 4.06. The second kappa shape index (κ2) is 21.9. The molecule has 2 aliphatic carbocycles. The van der Waals surface area contributed by atoms with E-state index in [0.29, 0.717) is 26.2 Å². The average Bonchev–Trinajstić information content (AvgIpc) is 3.58. The molecule has 2 fully saturated rings. The first-order valence-electron chi connectivity index (χ1n) is 13.4. The summed E-state index contributed by atoms with van der Waals surface area (Å²) in [7, 11) is 4.71. The zero-order chi connectivity index (χ0) is 28.8. The van der Waals surface area contributed by atoms with E-state index < -0.39 is 17.7 Å². The molecule has 0 atom stereocenters. The van der Waals surface area contributed by atoms with Gasteiger partial charge in [0.15, 0.2) is 0 Å². The molecule has 1 radical (unpaired) electrons. The van der Waals surface area contributed by atoms with Crippen LogP contribution in [-0.4, -0.2) is 90.1 Å². The molecule has 11 nitrogen and oxygen atoms in total. The van der Waals surface area contributed by atoms with Crippen LogP contribution in [0.2, 0.25) is 6.82 Å². The summed E-state index contributed by atoms with van der Waals surface area (Å²) in [6.45, 7) is 8.95. The summed E-state index contributed by atoms with van der Waals surface area (Å²) in [5.41, 5.74) is -0.554. The summed E-state index contributed by atoms with van der Waals surface area (Å²) in [5.74, 6) is 0.670. The number of ether oxygens (including phenoxy) is 3. The molecule has 1 amide bonds. The van der Waals surface area contributed by atoms with E-state index in [1.54, 1.807) is 6.82 Å². The molecule has 0 spiro atoms. The van der Waals surface area contributed by atoms with Crippen molar-refractivity contribution in [1.29, 1.82) is 0 Å². The third-order valence-electron chi connectivity index (χ3n) is 5.86. The number of hydrogen-bond acceptors (Lipinski definition) is 10. The van der Waals surface area contributed by atoms with Crippen LogP contribution in [0.5, 0.6) is 0 Å². The molecule has 0 aromatic carbocycles. The number of carbonyl (C=O) groups excluding carboxylic acids is 3. The van der Waals surface area contributed by atoms with Gasteiger partial charge in [-0.2, -0.15) is 0 Å². The van der Waals surface area contributed by atoms with Crippen LogP contribution in [0.4, 0.5) is 4.79 Å². The van der Waals surface area contributed by atoms with Gasteiger partial charge < -0.3 is 19.5 Å². The van der Waals surface area contributed by atoms with Crippen molar-refractivity contribution in [1.82, 2.24) is 10.2 Å². The van der Waals surface area contributed by atoms with E-state index in [0.717, 1.165) is 25.3 Å². The number of esters is 2. The minimum absolute atomic E-state index is 0.00958. The van der Waals surface area contributed by atoms with Crippen LogP contribution in [0.15, 0.2) is 0 Å². The molecule has 2 rings (SSSR count). The maximum atomic E-state index is 12.1. The summed E-state index contributed by atoms with van der Waals surface area (Å²) >= 11 is 0. The van der Waals surface area contributed by atoms with Crippen molar-refractivity contribution in [2.75, 3.05) is 46.9 Å². The zero-order valence-electron chi connectivity index (χ0n) is 24.1. The first-order chi connectivity index (χ1) is 18.1. The van der Waals surface area contributed by atoms with Crippen molar-refractivity contribution in [3.8, 4) is 0 Å². The Hall–Kier alpha value is -1.98. The molecule has 2 aliphatic rings. The Balaban J connectivity index is 0.000000612. The first kappa shape index (κ1) is 36.0. The second-order valence-electron chi connectivity index (χ2n) is 10.2. The Bertz CT molecular complexity index is 666. The summed E-state index contributed by atoms with van der Waals surface area (Å²) in [4.78, 5) is 44.1. The molecule has 13 heteroatoms. The monoisotopic (exact) mass is 541 g/mol. The fourth-order valence-electron chi connectivity index (χ4n) is 4.06. The predicted octanol–water partition coefficient (Wildman–Crippen LogP) is 3.14. The number of methoxy groups -OCH3 is 2. The van der Waals surface area contributed by atoms with E-state index in [4.69, 9.17) is 4.74 Å². The number of hydrogen-bond donors (Lipinski definition) is 1. The van der Waals surface area contributed by atoms with Crippen LogP contribution < -0.4 is 5.32 Å². The molecule has 0 heterocycles. The molecule has 0 aromatic rings. The van der Waals surface area contributed by atoms with E-state index >= 15 is 0 Å². The number of nitrogens with zero attached hydrogens (tertiary/aromatic N) is 1. The number of nitrogens with one attached hydrogen (secondary N) is 1. The molecule has 0 bridgehead atoms. The van der Waals surface area contributed by atoms with Gasteiger partial charge in [-0.15, -0.1) is 0 Å². The third kappa shape index (κ3) is 20.0. The quantitative estimate of drug-likeness (QED) is 0.0983. The van der Waals surface area contributed by atoms with Crippen LogP contribution in [0.3, 0.4) is 0 Å². The number of rotatable bonds is 12. The molecular weight excluding hydrogens is 494 g/mol. The molecule has 217 valence electrons. The zero-order valence-corrected chi connectivity index (χ0v) is 24.1. The van der Waals surface area contributed by atoms with Gasteiger partial charge in [0.1, 0.15) is 12.1 Å². The van der Waals surface area contributed by atoms with Gasteiger partial charge in [-0.25, -0.2) is 4.79 Å². The van der Waals surface area contributed by atoms with Crippen molar-refractivity contribution in [3.05, 3.63) is 0 Å². The first-order valence-corrected chi connectivity index (χ1v) is 13.4. The Morgan fingerprint density at radius 1 is 0.921 bits per heavy atom. The maximum absolute atomic E-state index is 12.1. The van der Waals surface area contributed by atoms with Gasteiger partial charge in [0, 0.05) is 6.54 Å². The van der Waals surface area contributed by atoms with Gasteiger partial charge in [-0.05, 0) is 64.8 Å². The van der Waals surface area contributed by atoms with E-state index in [1.165, 1.54) is 65.1 Å². The second-order valence-corrected chi connectivity index (χ2v) is 10.2. The average molecular weight is 541 g/mol. The standard InChI is InChI=1S/C14H25NO4.C9H17NO2.C2H5B2O3/c1-14(2,3)19-13(17)15(10-12(16)18-4)9-11-7-5-6-8-11;1-12-9(11)7-10-6-8-4-2-3-5-8;1-3-7-6-2-4-5/h11H,5-10H2,1-4H3;8,10H,2-7H2,1H3;2H2,1H3. The van der Waals surface area contributed by atoms with E-state index in [2.05, 4.69) is 24.5 Å². The van der Waals surface area contributed by atoms with Crippen molar-refractivity contribution >= 4 is 32.7 Å². The molecule has 0 saturated heterocycles. The van der Waals surface area contributed by atoms with Gasteiger partial charge in [-0.3, -0.25) is 14.5 Å². The van der Waals surface area contributed by atoms with Crippen LogP contribution in [-0.2, 0) is 38.2 Å². The van der Waals surface area contributed by atoms with Crippen molar-refractivity contribution in [2.24, 2.45) is 11.8 Å². The summed E-state index contributed by atoms with van der Waals surface area (Å²) in [6.07, 6.45) is 9.51. The molecule has 0 aromatic heterocycles. The number of amides is 1. The Morgan fingerprint density at radius 3 is 1.95 bits per heavy atom. The molecule has 1 N–H and O–H groups in total. The van der Waals surface area contributed by atoms with Crippen LogP contribution >= 0.6 is 0 Å². The Labute approximate surface area is 229 Å². The molecular formula is C25H47B2N2O9. The summed E-state index contributed by atoms with van der Waals surface area (Å²) < 4.78 is 23.9. The fraction of sp³-hybridized carbons (Fsp3) is 0.880. The Morgan fingerprint density at radius 2 is 1.47 bits per heavy atom. The van der Waals surface area contributed by atoms with E-state index in [1.807, 2.05) is 20.8 Å². The summed E-state index contributed by atoms with van der Waals surface area (Å²) in [6, 6.07) is 0. The summed E-state index contributed by atoms with van der Waals surface area (Å²) in [5, 5.41) is 3.10. The third-order valence-corrected chi connectivity index (χ3v) is 5.86. The van der Waals surface area contributed by atoms with Gasteiger partial charge in [0.25, 0.3) is 0 Å². The van der Waals surface area contributed by atoms with Gasteiger partial charge in [0.2, 0.25) is 0 Å². The van der Waals surface area contributed by atoms with Gasteiger partial charge >= 0.3 is 60.4 Å². The molecule has 0 aliphatic heterocycles. The predicted molar refractivity (Wildman–Crippen MR) is 144 cm³/mol.